The van der Waals surface area contributed by atoms with E-state index in [4.69, 9.17) is 19.1 Å². The van der Waals surface area contributed by atoms with Gasteiger partial charge in [0.1, 0.15) is 11.3 Å². The van der Waals surface area contributed by atoms with Crippen molar-refractivity contribution in [2.75, 3.05) is 7.11 Å². The maximum atomic E-state index is 9.94. The van der Waals surface area contributed by atoms with E-state index in [0.29, 0.717) is 22.2 Å². The van der Waals surface area contributed by atoms with Crippen LogP contribution in [0.15, 0.2) is 88.3 Å². The Balaban J connectivity index is 1.68. The minimum Gasteiger partial charge on any atom is -0.504 e. The van der Waals surface area contributed by atoms with Crippen LogP contribution in [-0.4, -0.2) is 17.2 Å². The van der Waals surface area contributed by atoms with E-state index in [1.807, 2.05) is 48.5 Å². The molecule has 5 aromatic rings. The van der Waals surface area contributed by atoms with Crippen LogP contribution in [0.3, 0.4) is 0 Å². The van der Waals surface area contributed by atoms with Crippen LogP contribution < -0.4 is 10.1 Å². The third-order valence-electron chi connectivity index (χ3n) is 5.16. The van der Waals surface area contributed by atoms with Gasteiger partial charge in [-0.05, 0) is 37.3 Å². The third-order valence-corrected chi connectivity index (χ3v) is 6.03. The molecule has 2 aromatic heterocycles. The van der Waals surface area contributed by atoms with Crippen LogP contribution in [0.5, 0.6) is 11.5 Å². The fourth-order valence-electron chi connectivity index (χ4n) is 3.58. The minimum absolute atomic E-state index is 0.0775. The van der Waals surface area contributed by atoms with E-state index in [2.05, 4.69) is 19.1 Å². The predicted octanol–water partition coefficient (Wildman–Crippen LogP) is 6.48. The third kappa shape index (κ3) is 3.76. The van der Waals surface area contributed by atoms with Crippen LogP contribution in [0.4, 0.5) is 5.13 Å². The summed E-state index contributed by atoms with van der Waals surface area (Å²) in [4.78, 5) is 10.8. The van der Waals surface area contributed by atoms with E-state index >= 15 is 0 Å². The summed E-state index contributed by atoms with van der Waals surface area (Å²) >= 11 is 1.56. The number of methoxy groups -OCH3 is 1. The van der Waals surface area contributed by atoms with Gasteiger partial charge in [-0.15, -0.1) is 0 Å². The first-order valence-electron chi connectivity index (χ1n) is 10.1. The molecule has 0 saturated carbocycles. The van der Waals surface area contributed by atoms with E-state index < -0.39 is 0 Å². The number of aromatic hydroxyl groups is 1. The van der Waals surface area contributed by atoms with Gasteiger partial charge in [0.15, 0.2) is 11.5 Å². The second kappa shape index (κ2) is 8.32. The highest BCUT2D eigenvalue weighted by Gasteiger charge is 2.12. The molecule has 32 heavy (non-hydrogen) atoms. The molecule has 5 rings (SSSR count). The Labute approximate surface area is 188 Å². The molecule has 0 unspecified atom stereocenters. The topological polar surface area (TPSA) is 67.9 Å². The van der Waals surface area contributed by atoms with Crippen molar-refractivity contribution in [3.05, 3.63) is 89.1 Å². The number of nitrogens with zero attached hydrogens (tertiary/aromatic N) is 2. The first-order chi connectivity index (χ1) is 15.6. The summed E-state index contributed by atoms with van der Waals surface area (Å²) in [5, 5.41) is 12.3. The van der Waals surface area contributed by atoms with Gasteiger partial charge in [0.2, 0.25) is 5.13 Å². The van der Waals surface area contributed by atoms with Gasteiger partial charge in [0, 0.05) is 27.5 Å². The molecule has 158 valence electrons. The van der Waals surface area contributed by atoms with Gasteiger partial charge in [-0.3, -0.25) is 0 Å². The van der Waals surface area contributed by atoms with E-state index in [9.17, 15) is 5.11 Å². The predicted molar refractivity (Wildman–Crippen MR) is 127 cm³/mol. The lowest BCUT2D eigenvalue weighted by atomic mass is 10.1. The number of fused-ring (bicyclic) bond motifs is 1. The van der Waals surface area contributed by atoms with Crippen molar-refractivity contribution in [3.8, 4) is 34.1 Å². The maximum absolute atomic E-state index is 9.94. The lowest BCUT2D eigenvalue weighted by Crippen LogP contribution is -2.03. The Bertz CT molecular complexity index is 1490. The first kappa shape index (κ1) is 20.0. The van der Waals surface area contributed by atoms with Crippen molar-refractivity contribution in [2.45, 2.75) is 6.92 Å². The number of hydrogen-bond acceptors (Lipinski definition) is 6. The van der Waals surface area contributed by atoms with Gasteiger partial charge in [-0.25, -0.2) is 9.98 Å². The monoisotopic (exact) mass is 440 g/mol. The molecule has 0 spiro atoms. The number of rotatable bonds is 4. The summed E-state index contributed by atoms with van der Waals surface area (Å²) in [7, 11) is 1.52. The van der Waals surface area contributed by atoms with Crippen LogP contribution >= 0.6 is 11.3 Å². The Morgan fingerprint density at radius 3 is 2.53 bits per heavy atom. The number of thiazole rings is 1. The van der Waals surface area contributed by atoms with E-state index in [1.165, 1.54) is 7.11 Å². The molecule has 0 aliphatic heterocycles. The summed E-state index contributed by atoms with van der Waals surface area (Å²) in [6.45, 7) is 2.06. The summed E-state index contributed by atoms with van der Waals surface area (Å²) in [6.07, 6.45) is 0. The molecule has 0 fully saturated rings. The zero-order valence-corrected chi connectivity index (χ0v) is 18.4. The van der Waals surface area contributed by atoms with Crippen molar-refractivity contribution in [1.82, 2.24) is 4.98 Å². The minimum atomic E-state index is 0.0775. The molecule has 6 heteroatoms. The average Bonchev–Trinajstić information content (AvgIpc) is 3.19. The molecule has 0 radical (unpaired) electrons. The van der Waals surface area contributed by atoms with Crippen LogP contribution in [0.1, 0.15) is 4.88 Å². The zero-order valence-electron chi connectivity index (χ0n) is 17.6. The lowest BCUT2D eigenvalue weighted by Gasteiger charge is -2.08. The van der Waals surface area contributed by atoms with Gasteiger partial charge in [0.25, 0.3) is 0 Å². The molecule has 0 amide bonds. The van der Waals surface area contributed by atoms with E-state index in [0.717, 1.165) is 32.4 Å². The summed E-state index contributed by atoms with van der Waals surface area (Å²) < 4.78 is 11.4. The summed E-state index contributed by atoms with van der Waals surface area (Å²) in [6, 6.07) is 24.9. The molecule has 1 N–H and O–H groups in total. The molecule has 2 heterocycles. The Morgan fingerprint density at radius 2 is 1.72 bits per heavy atom. The highest BCUT2D eigenvalue weighted by Crippen LogP contribution is 2.33. The quantitative estimate of drug-likeness (QED) is 0.347. The molecule has 0 bridgehead atoms. The van der Waals surface area contributed by atoms with Crippen molar-refractivity contribution in [2.24, 2.45) is 4.99 Å². The van der Waals surface area contributed by atoms with Gasteiger partial charge in [-0.1, -0.05) is 53.8 Å². The number of phenols is 1. The highest BCUT2D eigenvalue weighted by atomic mass is 32.1. The second-order valence-electron chi connectivity index (χ2n) is 7.26. The standard InChI is InChI=1S/C26H20N2O3S/c1-16-25(17-8-4-3-5-9-17)28-26(32-16)27-20-15-23(31-22-11-7-6-10-19(20)22)18-12-13-21(29)24(14-18)30-2/h3-15,29H,1-2H3/b27-20+. The van der Waals surface area contributed by atoms with Crippen LogP contribution in [0.2, 0.25) is 0 Å². The van der Waals surface area contributed by atoms with Gasteiger partial charge >= 0.3 is 0 Å². The molecule has 0 aliphatic carbocycles. The molecular formula is C26H20N2O3S. The fourth-order valence-corrected chi connectivity index (χ4v) is 4.39. The van der Waals surface area contributed by atoms with Crippen LogP contribution in [0, 0.1) is 6.92 Å². The van der Waals surface area contributed by atoms with Gasteiger partial charge in [-0.2, -0.15) is 0 Å². The number of phenolic OH excluding ortho intramolecular Hbond substituents is 1. The largest absolute Gasteiger partial charge is 0.504 e. The van der Waals surface area contributed by atoms with Crippen LogP contribution in [0.25, 0.3) is 33.6 Å². The smallest absolute Gasteiger partial charge is 0.210 e. The van der Waals surface area contributed by atoms with Gasteiger partial charge in [0.05, 0.1) is 18.2 Å². The lowest BCUT2D eigenvalue weighted by molar-refractivity contribution is 0.373. The average molecular weight is 441 g/mol. The molecule has 0 saturated heterocycles. The molecule has 0 aliphatic rings. The normalized spacial score (nSPS) is 11.8. The fraction of sp³-hybridized carbons (Fsp3) is 0.0769. The Kier molecular flexibility index (Phi) is 5.21. The van der Waals surface area contributed by atoms with E-state index in [1.54, 1.807) is 29.5 Å². The Morgan fingerprint density at radius 1 is 0.938 bits per heavy atom. The number of aryl methyl sites for hydroxylation is 1. The zero-order chi connectivity index (χ0) is 22.1. The number of aromatic nitrogens is 1. The van der Waals surface area contributed by atoms with Crippen molar-refractivity contribution in [1.29, 1.82) is 0 Å². The number of ether oxygens (including phenoxy) is 1. The highest BCUT2D eigenvalue weighted by molar-refractivity contribution is 7.15. The molecule has 5 nitrogen and oxygen atoms in total. The van der Waals surface area contributed by atoms with Crippen molar-refractivity contribution < 1.29 is 14.3 Å². The van der Waals surface area contributed by atoms with Gasteiger partial charge < -0.3 is 14.3 Å². The second-order valence-corrected chi connectivity index (χ2v) is 8.44. The summed E-state index contributed by atoms with van der Waals surface area (Å²) in [5.41, 5.74) is 3.52. The first-order valence-corrected chi connectivity index (χ1v) is 10.9. The van der Waals surface area contributed by atoms with Crippen molar-refractivity contribution >= 4 is 27.4 Å². The molecule has 0 atom stereocenters. The van der Waals surface area contributed by atoms with Crippen molar-refractivity contribution in [3.63, 3.8) is 0 Å². The summed E-state index contributed by atoms with van der Waals surface area (Å²) in [5.74, 6) is 1.08. The maximum Gasteiger partial charge on any atom is 0.210 e. The molecular weight excluding hydrogens is 420 g/mol. The number of hydrogen-bond donors (Lipinski definition) is 1. The van der Waals surface area contributed by atoms with Crippen LogP contribution in [-0.2, 0) is 0 Å². The number of benzene rings is 3. The molecule has 3 aromatic carbocycles. The Hall–Kier alpha value is -3.90. The SMILES string of the molecule is COc1cc(-c2c/c(=N\c3nc(-c4ccccc4)c(C)s3)c3ccccc3o2)ccc1O. The van der Waals surface area contributed by atoms with E-state index in [-0.39, 0.29) is 5.75 Å². The number of para-hydroxylation sites is 1.